The number of fused-ring (bicyclic) bond motifs is 1. The van der Waals surface area contributed by atoms with Crippen molar-refractivity contribution >= 4 is 5.91 Å². The highest BCUT2D eigenvalue weighted by Crippen LogP contribution is 2.36. The van der Waals surface area contributed by atoms with Crippen LogP contribution in [-0.2, 0) is 12.8 Å². The van der Waals surface area contributed by atoms with Gasteiger partial charge in [0.25, 0.3) is 0 Å². The summed E-state index contributed by atoms with van der Waals surface area (Å²) in [6, 6.07) is 16.1. The Labute approximate surface area is 153 Å². The molecule has 1 amide bonds. The number of rotatable bonds is 2. The van der Waals surface area contributed by atoms with E-state index in [1.54, 1.807) is 0 Å². The quantitative estimate of drug-likeness (QED) is 0.794. The number of aryl methyl sites for hydroxylation is 2. The average Bonchev–Trinajstić information content (AvgIpc) is 3.49. The van der Waals surface area contributed by atoms with Gasteiger partial charge in [-0.15, -0.1) is 0 Å². The molecular weight excluding hydrogens is 306 g/mol. The van der Waals surface area contributed by atoms with Crippen LogP contribution in [0.15, 0.2) is 60.2 Å². The monoisotopic (exact) mass is 336 g/mol. The van der Waals surface area contributed by atoms with E-state index >= 15 is 0 Å². The molecule has 0 aliphatic heterocycles. The minimum atomic E-state index is -0.330. The molecule has 1 unspecified atom stereocenters. The molecule has 2 aromatic rings. The van der Waals surface area contributed by atoms with Crippen molar-refractivity contribution in [1.29, 1.82) is 0 Å². The molecule has 4 rings (SSSR count). The van der Waals surface area contributed by atoms with E-state index in [9.17, 15) is 4.79 Å². The van der Waals surface area contributed by atoms with Crippen LogP contribution in [0.1, 0.15) is 48.7 Å². The number of primary amides is 1. The molecule has 25 heavy (non-hydrogen) atoms. The molecule has 2 N–H and O–H groups in total. The number of allylic oxidation sites excluding steroid dienone is 2. The summed E-state index contributed by atoms with van der Waals surface area (Å²) in [6.07, 6.45) is 7.77. The third-order valence-electron chi connectivity index (χ3n) is 4.49. The molecule has 0 aromatic heterocycles. The lowest BCUT2D eigenvalue weighted by Crippen LogP contribution is -2.16. The maximum atomic E-state index is 11.1. The molecule has 2 heteroatoms. The predicted octanol–water partition coefficient (Wildman–Crippen LogP) is 5.30. The number of hydrogen-bond donors (Lipinski definition) is 1. The highest BCUT2D eigenvalue weighted by molar-refractivity contribution is 5.93. The second-order valence-electron chi connectivity index (χ2n) is 6.28. The summed E-state index contributed by atoms with van der Waals surface area (Å²) in [7, 11) is 0. The van der Waals surface area contributed by atoms with E-state index in [-0.39, 0.29) is 7.33 Å². The maximum Gasteiger partial charge on any atom is 0.248 e. The SMILES string of the molecule is CC.Cc1ccccc1.NC(=O)c1ccc2c(c1)CCC(C1=C[CH]1)C2.[HH]. The topological polar surface area (TPSA) is 43.1 Å². The highest BCUT2D eigenvalue weighted by Gasteiger charge is 2.25. The smallest absolute Gasteiger partial charge is 0.248 e. The molecule has 1 radical (unpaired) electrons. The van der Waals surface area contributed by atoms with Gasteiger partial charge in [-0.05, 0) is 55.4 Å². The Morgan fingerprint density at radius 1 is 1.08 bits per heavy atom. The van der Waals surface area contributed by atoms with Crippen LogP contribution in [0.4, 0.5) is 0 Å². The van der Waals surface area contributed by atoms with Crippen LogP contribution in [0.2, 0.25) is 0 Å². The number of carbonyl (C=O) groups excluding carboxylic acids is 1. The molecule has 2 nitrogen and oxygen atoms in total. The number of nitrogens with two attached hydrogens (primary N) is 1. The molecule has 2 aliphatic rings. The van der Waals surface area contributed by atoms with Gasteiger partial charge in [0, 0.05) is 13.4 Å². The summed E-state index contributed by atoms with van der Waals surface area (Å²) < 4.78 is 0. The standard InChI is InChI=1S/C14H14NO.C7H8.C2H6.H2/c15-14(16)13-6-5-11-7-10(9-1-2-9)3-4-12(11)8-13;1-7-5-3-2-4-6-7;1-2;/h1-2,5-6,8,10H,3-4,7H2,(H2,15,16);2-6H,1H3;1-2H3;1H. The second kappa shape index (κ2) is 9.22. The Morgan fingerprint density at radius 2 is 1.76 bits per heavy atom. The van der Waals surface area contributed by atoms with E-state index in [1.165, 1.54) is 28.7 Å². The third-order valence-corrected chi connectivity index (χ3v) is 4.49. The lowest BCUT2D eigenvalue weighted by Gasteiger charge is -2.23. The first-order valence-corrected chi connectivity index (χ1v) is 9.11. The van der Waals surface area contributed by atoms with Crippen LogP contribution in [0, 0.1) is 19.3 Å². The Kier molecular flexibility index (Phi) is 7.00. The van der Waals surface area contributed by atoms with Gasteiger partial charge in [0.05, 0.1) is 0 Å². The van der Waals surface area contributed by atoms with E-state index < -0.39 is 0 Å². The van der Waals surface area contributed by atoms with E-state index in [2.05, 4.69) is 37.6 Å². The Hall–Kier alpha value is -2.35. The number of carbonyl (C=O) groups is 1. The van der Waals surface area contributed by atoms with Crippen molar-refractivity contribution in [2.45, 2.75) is 40.0 Å². The number of benzene rings is 2. The Balaban J connectivity index is 0.000000287. The van der Waals surface area contributed by atoms with Crippen LogP contribution in [0.5, 0.6) is 0 Å². The molecule has 2 aliphatic carbocycles. The first kappa shape index (κ1) is 19.0. The zero-order chi connectivity index (χ0) is 18.2. The van der Waals surface area contributed by atoms with Crippen LogP contribution in [-0.4, -0.2) is 5.91 Å². The lowest BCUT2D eigenvalue weighted by molar-refractivity contribution is 0.1000. The minimum absolute atomic E-state index is 0. The predicted molar refractivity (Wildman–Crippen MR) is 107 cm³/mol. The fraction of sp³-hybridized carbons (Fsp3) is 0.304. The second-order valence-corrected chi connectivity index (χ2v) is 6.28. The molecule has 0 heterocycles. The molecule has 0 saturated carbocycles. The number of hydrogen-bond acceptors (Lipinski definition) is 1. The van der Waals surface area contributed by atoms with Crippen molar-refractivity contribution < 1.29 is 6.22 Å². The van der Waals surface area contributed by atoms with Gasteiger partial charge >= 0.3 is 0 Å². The van der Waals surface area contributed by atoms with Gasteiger partial charge in [0.2, 0.25) is 5.91 Å². The summed E-state index contributed by atoms with van der Waals surface area (Å²) in [5, 5.41) is 0. The van der Waals surface area contributed by atoms with Crippen molar-refractivity contribution in [3.05, 3.63) is 88.9 Å². The number of amides is 1. The first-order valence-electron chi connectivity index (χ1n) is 9.11. The normalized spacial score (nSPS) is 16.9. The van der Waals surface area contributed by atoms with Crippen LogP contribution in [0.25, 0.3) is 0 Å². The summed E-state index contributed by atoms with van der Waals surface area (Å²) in [5.74, 6) is 0.370. The van der Waals surface area contributed by atoms with Crippen molar-refractivity contribution in [3.8, 4) is 0 Å². The molecule has 2 aromatic carbocycles. The maximum absolute atomic E-state index is 11.1. The van der Waals surface area contributed by atoms with E-state index in [0.717, 1.165) is 12.8 Å². The van der Waals surface area contributed by atoms with Gasteiger partial charge in [0.1, 0.15) is 0 Å². The fourth-order valence-corrected chi connectivity index (χ4v) is 3.05. The van der Waals surface area contributed by atoms with Crippen molar-refractivity contribution in [2.75, 3.05) is 0 Å². The Morgan fingerprint density at radius 3 is 2.28 bits per heavy atom. The minimum Gasteiger partial charge on any atom is -0.366 e. The van der Waals surface area contributed by atoms with E-state index in [1.807, 2.05) is 44.2 Å². The highest BCUT2D eigenvalue weighted by atomic mass is 16.1. The van der Waals surface area contributed by atoms with Gasteiger partial charge in [-0.3, -0.25) is 4.79 Å². The van der Waals surface area contributed by atoms with Crippen LogP contribution in [0.3, 0.4) is 0 Å². The molecule has 133 valence electrons. The molecule has 0 spiro atoms. The summed E-state index contributed by atoms with van der Waals surface area (Å²) in [4.78, 5) is 11.1. The molecular formula is C23H30NO. The fourth-order valence-electron chi connectivity index (χ4n) is 3.05. The van der Waals surface area contributed by atoms with E-state index in [4.69, 9.17) is 5.73 Å². The van der Waals surface area contributed by atoms with Crippen molar-refractivity contribution in [3.63, 3.8) is 0 Å². The third kappa shape index (κ3) is 5.60. The van der Waals surface area contributed by atoms with E-state index in [0.29, 0.717) is 11.5 Å². The van der Waals surface area contributed by atoms with Crippen LogP contribution < -0.4 is 5.73 Å². The molecule has 0 fully saturated rings. The zero-order valence-corrected chi connectivity index (χ0v) is 15.5. The largest absolute Gasteiger partial charge is 0.366 e. The van der Waals surface area contributed by atoms with Crippen molar-refractivity contribution in [2.24, 2.45) is 11.7 Å². The summed E-state index contributed by atoms with van der Waals surface area (Å²) in [5.41, 5.74) is 11.4. The Bertz CT molecular complexity index is 737. The summed E-state index contributed by atoms with van der Waals surface area (Å²) in [6.45, 7) is 6.08. The lowest BCUT2D eigenvalue weighted by atomic mass is 9.82. The molecule has 1 atom stereocenters. The molecule has 0 bridgehead atoms. The van der Waals surface area contributed by atoms with Crippen LogP contribution >= 0.6 is 0 Å². The average molecular weight is 336 g/mol. The van der Waals surface area contributed by atoms with Gasteiger partial charge in [-0.2, -0.15) is 0 Å². The van der Waals surface area contributed by atoms with Gasteiger partial charge in [0.15, 0.2) is 0 Å². The van der Waals surface area contributed by atoms with Gasteiger partial charge in [-0.25, -0.2) is 0 Å². The molecule has 0 saturated heterocycles. The zero-order valence-electron chi connectivity index (χ0n) is 15.5. The first-order chi connectivity index (χ1) is 12.1. The van der Waals surface area contributed by atoms with Gasteiger partial charge in [-0.1, -0.05) is 67.5 Å². The summed E-state index contributed by atoms with van der Waals surface area (Å²) >= 11 is 0. The van der Waals surface area contributed by atoms with Crippen molar-refractivity contribution in [1.82, 2.24) is 0 Å². The van der Waals surface area contributed by atoms with Gasteiger partial charge < -0.3 is 5.73 Å².